The fraction of sp³-hybridized carbons (Fsp3) is 0.368. The number of halogens is 3. The number of methoxy groups -OCH3 is 2. The molecule has 0 atom stereocenters. The Morgan fingerprint density at radius 3 is 2.54 bits per heavy atom. The van der Waals surface area contributed by atoms with Crippen LogP contribution in [-0.4, -0.2) is 27.4 Å². The molecular weight excluding hydrogens is 441 g/mol. The van der Waals surface area contributed by atoms with E-state index < -0.39 is 0 Å². The number of hydrogen-bond acceptors (Lipinski definition) is 4. The summed E-state index contributed by atoms with van der Waals surface area (Å²) in [6.45, 7) is 2.75. The number of rotatable bonds is 10. The van der Waals surface area contributed by atoms with Crippen molar-refractivity contribution in [1.29, 1.82) is 0 Å². The summed E-state index contributed by atoms with van der Waals surface area (Å²) in [5, 5.41) is 4.41. The third-order valence-corrected chi connectivity index (χ3v) is 5.02. The van der Waals surface area contributed by atoms with Gasteiger partial charge in [0.15, 0.2) is 11.5 Å². The highest BCUT2D eigenvalue weighted by Gasteiger charge is 2.12. The minimum Gasteiger partial charge on any atom is -0.493 e. The lowest BCUT2D eigenvalue weighted by atomic mass is 10.2. The van der Waals surface area contributed by atoms with E-state index in [-0.39, 0.29) is 0 Å². The van der Waals surface area contributed by atoms with Crippen LogP contribution in [0.25, 0.3) is 0 Å². The Hall–Kier alpha value is -0.980. The van der Waals surface area contributed by atoms with Crippen molar-refractivity contribution in [1.82, 2.24) is 5.32 Å². The Bertz CT molecular complexity index is 728. The van der Waals surface area contributed by atoms with Gasteiger partial charge in [0.2, 0.25) is 0 Å². The maximum Gasteiger partial charge on any atom is 0.175 e. The SMILES string of the molecule is COCCCNCc1cc(Br)c(OCc2ccc(Cl)c(Cl)c2)c(OC)c1. The first kappa shape index (κ1) is 21.3. The van der Waals surface area contributed by atoms with Crippen LogP contribution < -0.4 is 14.8 Å². The largest absolute Gasteiger partial charge is 0.493 e. The lowest BCUT2D eigenvalue weighted by Gasteiger charge is -2.15. The zero-order valence-corrected chi connectivity index (χ0v) is 17.9. The quantitative estimate of drug-likeness (QED) is 0.475. The molecule has 2 aromatic carbocycles. The van der Waals surface area contributed by atoms with E-state index in [9.17, 15) is 0 Å². The molecule has 26 heavy (non-hydrogen) atoms. The molecule has 0 aliphatic heterocycles. The van der Waals surface area contributed by atoms with Crippen molar-refractivity contribution in [2.24, 2.45) is 0 Å². The Morgan fingerprint density at radius 2 is 1.85 bits per heavy atom. The van der Waals surface area contributed by atoms with E-state index in [1.165, 1.54) is 0 Å². The summed E-state index contributed by atoms with van der Waals surface area (Å²) in [4.78, 5) is 0. The molecule has 0 aliphatic rings. The van der Waals surface area contributed by atoms with Gasteiger partial charge in [-0.1, -0.05) is 29.3 Å². The number of nitrogens with one attached hydrogen (secondary N) is 1. The minimum absolute atomic E-state index is 0.362. The van der Waals surface area contributed by atoms with Gasteiger partial charge in [-0.15, -0.1) is 0 Å². The van der Waals surface area contributed by atoms with Crippen LogP contribution in [0, 0.1) is 0 Å². The van der Waals surface area contributed by atoms with E-state index in [1.54, 1.807) is 26.4 Å². The summed E-state index contributed by atoms with van der Waals surface area (Å²) in [6, 6.07) is 9.43. The van der Waals surface area contributed by atoms with E-state index in [4.69, 9.17) is 37.4 Å². The molecule has 0 unspecified atom stereocenters. The van der Waals surface area contributed by atoms with Gasteiger partial charge in [-0.2, -0.15) is 0 Å². The Morgan fingerprint density at radius 1 is 1.04 bits per heavy atom. The highest BCUT2D eigenvalue weighted by atomic mass is 79.9. The van der Waals surface area contributed by atoms with Gasteiger partial charge < -0.3 is 19.5 Å². The van der Waals surface area contributed by atoms with Crippen molar-refractivity contribution in [3.05, 3.63) is 56.0 Å². The number of benzene rings is 2. The molecule has 142 valence electrons. The third-order valence-electron chi connectivity index (χ3n) is 3.69. The predicted molar refractivity (Wildman–Crippen MR) is 110 cm³/mol. The lowest BCUT2D eigenvalue weighted by Crippen LogP contribution is -2.16. The van der Waals surface area contributed by atoms with Gasteiger partial charge in [0.05, 0.1) is 21.6 Å². The van der Waals surface area contributed by atoms with Crippen LogP contribution >= 0.6 is 39.1 Å². The molecular formula is C19H22BrCl2NO3. The lowest BCUT2D eigenvalue weighted by molar-refractivity contribution is 0.194. The van der Waals surface area contributed by atoms with Crippen LogP contribution in [0.4, 0.5) is 0 Å². The molecule has 0 spiro atoms. The van der Waals surface area contributed by atoms with Crippen LogP contribution in [0.3, 0.4) is 0 Å². The summed E-state index contributed by atoms with van der Waals surface area (Å²) < 4.78 is 17.3. The van der Waals surface area contributed by atoms with Gasteiger partial charge in [-0.3, -0.25) is 0 Å². The van der Waals surface area contributed by atoms with Crippen LogP contribution in [0.2, 0.25) is 10.0 Å². The molecule has 0 aromatic heterocycles. The first-order valence-electron chi connectivity index (χ1n) is 8.18. The number of hydrogen-bond donors (Lipinski definition) is 1. The van der Waals surface area contributed by atoms with Gasteiger partial charge in [0, 0.05) is 20.3 Å². The molecule has 0 bridgehead atoms. The third kappa shape index (κ3) is 6.32. The second-order valence-corrected chi connectivity index (χ2v) is 7.34. The molecule has 0 aliphatic carbocycles. The molecule has 0 saturated heterocycles. The molecule has 1 N–H and O–H groups in total. The van der Waals surface area contributed by atoms with Gasteiger partial charge >= 0.3 is 0 Å². The predicted octanol–water partition coefficient (Wildman–Crippen LogP) is 5.47. The van der Waals surface area contributed by atoms with Crippen molar-refractivity contribution in [2.75, 3.05) is 27.4 Å². The second-order valence-electron chi connectivity index (χ2n) is 5.67. The second kappa shape index (κ2) is 11.0. The summed E-state index contributed by atoms with van der Waals surface area (Å²) >= 11 is 15.6. The fourth-order valence-electron chi connectivity index (χ4n) is 2.37. The maximum atomic E-state index is 6.05. The summed E-state index contributed by atoms with van der Waals surface area (Å²) in [7, 11) is 3.34. The van der Waals surface area contributed by atoms with Crippen molar-refractivity contribution < 1.29 is 14.2 Å². The van der Waals surface area contributed by atoms with Gasteiger partial charge in [-0.05, 0) is 64.3 Å². The standard InChI is InChI=1S/C19H22BrCl2NO3/c1-24-7-3-6-23-11-14-8-15(20)19(18(10-14)25-2)26-12-13-4-5-16(21)17(22)9-13/h4-5,8-10,23H,3,6-7,11-12H2,1-2H3. The molecule has 0 radical (unpaired) electrons. The monoisotopic (exact) mass is 461 g/mol. The smallest absolute Gasteiger partial charge is 0.175 e. The highest BCUT2D eigenvalue weighted by Crippen LogP contribution is 2.37. The van der Waals surface area contributed by atoms with Crippen LogP contribution in [0.15, 0.2) is 34.8 Å². The van der Waals surface area contributed by atoms with E-state index in [2.05, 4.69) is 21.2 Å². The van der Waals surface area contributed by atoms with Crippen LogP contribution in [-0.2, 0) is 17.9 Å². The Labute approximate surface area is 172 Å². The van der Waals surface area contributed by atoms with Gasteiger partial charge in [0.1, 0.15) is 6.61 Å². The molecule has 7 heteroatoms. The Kier molecular flexibility index (Phi) is 9.02. The summed E-state index contributed by atoms with van der Waals surface area (Å²) in [5.74, 6) is 1.33. The summed E-state index contributed by atoms with van der Waals surface area (Å²) in [5.41, 5.74) is 2.03. The fourth-order valence-corrected chi connectivity index (χ4v) is 3.30. The van der Waals surface area contributed by atoms with Crippen molar-refractivity contribution in [2.45, 2.75) is 19.6 Å². The zero-order chi connectivity index (χ0) is 18.9. The van der Waals surface area contributed by atoms with E-state index in [0.29, 0.717) is 28.2 Å². The summed E-state index contributed by atoms with van der Waals surface area (Å²) in [6.07, 6.45) is 0.972. The average molecular weight is 463 g/mol. The normalized spacial score (nSPS) is 10.8. The zero-order valence-electron chi connectivity index (χ0n) is 14.8. The van der Waals surface area contributed by atoms with Crippen molar-refractivity contribution >= 4 is 39.1 Å². The molecule has 0 saturated carbocycles. The topological polar surface area (TPSA) is 39.7 Å². The molecule has 0 heterocycles. The maximum absolute atomic E-state index is 6.05. The van der Waals surface area contributed by atoms with E-state index in [1.807, 2.05) is 18.2 Å². The first-order valence-corrected chi connectivity index (χ1v) is 9.72. The van der Waals surface area contributed by atoms with Crippen molar-refractivity contribution in [3.63, 3.8) is 0 Å². The highest BCUT2D eigenvalue weighted by molar-refractivity contribution is 9.10. The van der Waals surface area contributed by atoms with Gasteiger partial charge in [0.25, 0.3) is 0 Å². The molecule has 2 aromatic rings. The minimum atomic E-state index is 0.362. The molecule has 2 rings (SSSR count). The van der Waals surface area contributed by atoms with E-state index in [0.717, 1.165) is 41.7 Å². The van der Waals surface area contributed by atoms with Crippen LogP contribution in [0.5, 0.6) is 11.5 Å². The van der Waals surface area contributed by atoms with Crippen molar-refractivity contribution in [3.8, 4) is 11.5 Å². The van der Waals surface area contributed by atoms with E-state index >= 15 is 0 Å². The Balaban J connectivity index is 2.02. The molecule has 0 fully saturated rings. The molecule has 4 nitrogen and oxygen atoms in total. The molecule has 0 amide bonds. The van der Waals surface area contributed by atoms with Crippen LogP contribution in [0.1, 0.15) is 17.5 Å². The van der Waals surface area contributed by atoms with Gasteiger partial charge in [-0.25, -0.2) is 0 Å². The first-order chi connectivity index (χ1) is 12.5. The number of ether oxygens (including phenoxy) is 3. The average Bonchev–Trinajstić information content (AvgIpc) is 2.63.